The van der Waals surface area contributed by atoms with Crippen LogP contribution < -0.4 is 0 Å². The Balaban J connectivity index is 1.65. The van der Waals surface area contributed by atoms with E-state index in [1.54, 1.807) is 6.08 Å². The van der Waals surface area contributed by atoms with Crippen molar-refractivity contribution >= 4 is 5.78 Å². The summed E-state index contributed by atoms with van der Waals surface area (Å²) >= 11 is 0. The highest BCUT2D eigenvalue weighted by atomic mass is 16.7. The number of aliphatic hydroxyl groups is 5. The summed E-state index contributed by atoms with van der Waals surface area (Å²) in [5.41, 5.74) is -0.433. The third-order valence-electron chi connectivity index (χ3n) is 6.16. The molecule has 0 bridgehead atoms. The van der Waals surface area contributed by atoms with Gasteiger partial charge < -0.3 is 35.0 Å². The fraction of sp³-hybridized carbons (Fsp3) is 0.842. The van der Waals surface area contributed by atoms with Gasteiger partial charge in [0.05, 0.1) is 18.8 Å². The van der Waals surface area contributed by atoms with Crippen molar-refractivity contribution in [2.75, 3.05) is 13.2 Å². The second-order valence-corrected chi connectivity index (χ2v) is 8.85. The molecule has 0 radical (unpaired) electrons. The van der Waals surface area contributed by atoms with E-state index in [1.807, 2.05) is 0 Å². The topological polar surface area (TPSA) is 137 Å². The molecule has 27 heavy (non-hydrogen) atoms. The maximum Gasteiger partial charge on any atom is 0.186 e. The van der Waals surface area contributed by atoms with E-state index in [0.29, 0.717) is 19.3 Å². The van der Waals surface area contributed by atoms with Gasteiger partial charge in [-0.3, -0.25) is 4.79 Å². The standard InChI is InChI=1S/C19H30O8/c1-18(2)7-11(21)5-10-6-19(25,4-3-12(10)18)9-26-17-16(24)15(23)14(22)13(8-20)27-17/h5,12-17,20,22-25H,3-4,6-9H2,1-2H3/t12?,13-,14-,15+,16-,17+,19+/m1/s1. The van der Waals surface area contributed by atoms with Crippen LogP contribution in [0.15, 0.2) is 11.6 Å². The maximum atomic E-state index is 12.0. The van der Waals surface area contributed by atoms with Crippen molar-refractivity contribution in [1.29, 1.82) is 0 Å². The van der Waals surface area contributed by atoms with Gasteiger partial charge in [-0.1, -0.05) is 19.4 Å². The minimum Gasteiger partial charge on any atom is -0.394 e. The van der Waals surface area contributed by atoms with Crippen LogP contribution in [0, 0.1) is 11.3 Å². The molecule has 3 aliphatic rings. The number of carbonyl (C=O) groups excluding carboxylic acids is 1. The SMILES string of the molecule is CC1(C)CC(=O)C=C2C[C@](O)(CO[C@H]3O[C@H](CO)[C@@H](O)[C@H](O)[C@H]3O)CCC21. The van der Waals surface area contributed by atoms with Crippen molar-refractivity contribution in [3.05, 3.63) is 11.6 Å². The van der Waals surface area contributed by atoms with Crippen LogP contribution >= 0.6 is 0 Å². The van der Waals surface area contributed by atoms with Crippen molar-refractivity contribution in [1.82, 2.24) is 0 Å². The molecule has 2 aliphatic carbocycles. The lowest BCUT2D eigenvalue weighted by Gasteiger charge is -2.47. The summed E-state index contributed by atoms with van der Waals surface area (Å²) in [4.78, 5) is 12.0. The lowest BCUT2D eigenvalue weighted by atomic mass is 9.60. The molecule has 1 heterocycles. The molecule has 8 nitrogen and oxygen atoms in total. The van der Waals surface area contributed by atoms with E-state index < -0.39 is 42.9 Å². The third kappa shape index (κ3) is 4.12. The summed E-state index contributed by atoms with van der Waals surface area (Å²) in [5, 5.41) is 49.9. The first-order valence-corrected chi connectivity index (χ1v) is 9.44. The molecule has 1 aliphatic heterocycles. The van der Waals surface area contributed by atoms with Crippen LogP contribution in [0.2, 0.25) is 0 Å². The van der Waals surface area contributed by atoms with Crippen molar-refractivity contribution in [3.8, 4) is 0 Å². The Hall–Kier alpha value is -0.870. The number of hydrogen-bond donors (Lipinski definition) is 5. The molecule has 0 aromatic heterocycles. The first kappa shape index (κ1) is 20.9. The van der Waals surface area contributed by atoms with Crippen LogP contribution in [-0.4, -0.2) is 80.8 Å². The number of aliphatic hydroxyl groups excluding tert-OH is 4. The Bertz CT molecular complexity index is 601. The van der Waals surface area contributed by atoms with Crippen molar-refractivity contribution in [2.45, 2.75) is 75.8 Å². The normalized spacial score (nSPS) is 44.6. The molecule has 1 unspecified atom stereocenters. The molecule has 0 aromatic carbocycles. The Kier molecular flexibility index (Phi) is 5.80. The molecular formula is C19H30O8. The van der Waals surface area contributed by atoms with Crippen LogP contribution in [0.5, 0.6) is 0 Å². The van der Waals surface area contributed by atoms with Crippen LogP contribution in [0.1, 0.15) is 39.5 Å². The molecule has 0 spiro atoms. The number of hydrogen-bond acceptors (Lipinski definition) is 8. The summed E-state index contributed by atoms with van der Waals surface area (Å²) in [6, 6.07) is 0. The van der Waals surface area contributed by atoms with Gasteiger partial charge in [-0.15, -0.1) is 0 Å². The van der Waals surface area contributed by atoms with Crippen molar-refractivity contribution < 1.29 is 39.8 Å². The van der Waals surface area contributed by atoms with Gasteiger partial charge in [-0.2, -0.15) is 0 Å². The Morgan fingerprint density at radius 2 is 1.89 bits per heavy atom. The molecule has 5 N–H and O–H groups in total. The number of ether oxygens (including phenoxy) is 2. The predicted octanol–water partition coefficient (Wildman–Crippen LogP) is -0.740. The summed E-state index contributed by atoms with van der Waals surface area (Å²) in [5.74, 6) is 0.299. The lowest BCUT2D eigenvalue weighted by molar-refractivity contribution is -0.309. The zero-order valence-corrected chi connectivity index (χ0v) is 15.7. The van der Waals surface area contributed by atoms with E-state index in [9.17, 15) is 30.3 Å². The number of allylic oxidation sites excluding steroid dienone is 1. The summed E-state index contributed by atoms with van der Waals surface area (Å²) in [6.07, 6.45) is -3.19. The highest BCUT2D eigenvalue weighted by molar-refractivity contribution is 5.92. The van der Waals surface area contributed by atoms with Crippen molar-refractivity contribution in [3.63, 3.8) is 0 Å². The van der Waals surface area contributed by atoms with Gasteiger partial charge in [0.15, 0.2) is 12.1 Å². The fourth-order valence-corrected chi connectivity index (χ4v) is 4.63. The first-order valence-electron chi connectivity index (χ1n) is 9.44. The Morgan fingerprint density at radius 3 is 2.56 bits per heavy atom. The largest absolute Gasteiger partial charge is 0.394 e. The van der Waals surface area contributed by atoms with E-state index in [4.69, 9.17) is 9.47 Å². The molecule has 7 atom stereocenters. The highest BCUT2D eigenvalue weighted by Gasteiger charge is 2.47. The first-order chi connectivity index (χ1) is 12.6. The molecule has 3 rings (SSSR count). The van der Waals surface area contributed by atoms with E-state index in [2.05, 4.69) is 13.8 Å². The summed E-state index contributed by atoms with van der Waals surface area (Å²) in [6.45, 7) is 3.43. The predicted molar refractivity (Wildman–Crippen MR) is 93.5 cm³/mol. The quantitative estimate of drug-likeness (QED) is 0.426. The summed E-state index contributed by atoms with van der Waals surface area (Å²) < 4.78 is 10.8. The Labute approximate surface area is 158 Å². The second kappa shape index (κ2) is 7.51. The maximum absolute atomic E-state index is 12.0. The highest BCUT2D eigenvalue weighted by Crippen LogP contribution is 2.49. The minimum atomic E-state index is -1.52. The zero-order valence-electron chi connectivity index (χ0n) is 15.7. The van der Waals surface area contributed by atoms with Gasteiger partial charge in [-0.05, 0) is 30.3 Å². The average Bonchev–Trinajstić information content (AvgIpc) is 2.58. The van der Waals surface area contributed by atoms with Crippen LogP contribution in [0.3, 0.4) is 0 Å². The third-order valence-corrected chi connectivity index (χ3v) is 6.16. The lowest BCUT2D eigenvalue weighted by Crippen LogP contribution is -2.59. The number of carbonyl (C=O) groups is 1. The number of rotatable bonds is 4. The van der Waals surface area contributed by atoms with Crippen molar-refractivity contribution in [2.24, 2.45) is 11.3 Å². The fourth-order valence-electron chi connectivity index (χ4n) is 4.63. The minimum absolute atomic E-state index is 0.0605. The zero-order chi connectivity index (χ0) is 20.0. The van der Waals surface area contributed by atoms with Gasteiger partial charge in [0.1, 0.15) is 24.4 Å². The number of ketones is 1. The van der Waals surface area contributed by atoms with E-state index in [0.717, 1.165) is 12.0 Å². The monoisotopic (exact) mass is 386 g/mol. The molecule has 1 saturated carbocycles. The van der Waals surface area contributed by atoms with Gasteiger partial charge in [0, 0.05) is 12.8 Å². The van der Waals surface area contributed by atoms with Gasteiger partial charge in [0.2, 0.25) is 0 Å². The molecule has 0 aromatic rings. The molecule has 1 saturated heterocycles. The average molecular weight is 386 g/mol. The molecule has 0 amide bonds. The second-order valence-electron chi connectivity index (χ2n) is 8.85. The van der Waals surface area contributed by atoms with Gasteiger partial charge in [0.25, 0.3) is 0 Å². The van der Waals surface area contributed by atoms with Gasteiger partial charge in [-0.25, -0.2) is 0 Å². The Morgan fingerprint density at radius 1 is 1.19 bits per heavy atom. The molecule has 8 heteroatoms. The molecule has 154 valence electrons. The number of fused-ring (bicyclic) bond motifs is 1. The van der Waals surface area contributed by atoms with E-state index >= 15 is 0 Å². The molecular weight excluding hydrogens is 356 g/mol. The molecule has 2 fully saturated rings. The van der Waals surface area contributed by atoms with Crippen LogP contribution in [0.4, 0.5) is 0 Å². The van der Waals surface area contributed by atoms with Crippen LogP contribution in [-0.2, 0) is 14.3 Å². The van der Waals surface area contributed by atoms with Crippen LogP contribution in [0.25, 0.3) is 0 Å². The van der Waals surface area contributed by atoms with E-state index in [1.165, 1.54) is 0 Å². The smallest absolute Gasteiger partial charge is 0.186 e. The van der Waals surface area contributed by atoms with E-state index in [-0.39, 0.29) is 23.7 Å². The summed E-state index contributed by atoms with van der Waals surface area (Å²) in [7, 11) is 0. The van der Waals surface area contributed by atoms with Gasteiger partial charge >= 0.3 is 0 Å².